The molecule has 0 fully saturated rings. The lowest BCUT2D eigenvalue weighted by Gasteiger charge is -2.08. The summed E-state index contributed by atoms with van der Waals surface area (Å²) in [6, 6.07) is 15.3. The van der Waals surface area contributed by atoms with E-state index < -0.39 is 5.97 Å². The van der Waals surface area contributed by atoms with Crippen LogP contribution in [-0.2, 0) is 11.2 Å². The first-order valence-electron chi connectivity index (χ1n) is 8.11. The van der Waals surface area contributed by atoms with Gasteiger partial charge in [0, 0.05) is 24.4 Å². The smallest absolute Gasteiger partial charge is 0.325 e. The van der Waals surface area contributed by atoms with Gasteiger partial charge >= 0.3 is 5.97 Å². The summed E-state index contributed by atoms with van der Waals surface area (Å²) in [7, 11) is 1.84. The highest BCUT2D eigenvalue weighted by Gasteiger charge is 2.08. The first-order valence-corrected chi connectivity index (χ1v) is 8.11. The second-order valence-electron chi connectivity index (χ2n) is 5.72. The number of anilines is 1. The second-order valence-corrected chi connectivity index (χ2v) is 5.72. The molecule has 0 aliphatic carbocycles. The van der Waals surface area contributed by atoms with Gasteiger partial charge in [-0.2, -0.15) is 0 Å². The summed E-state index contributed by atoms with van der Waals surface area (Å²) in [5.41, 5.74) is 8.40. The fourth-order valence-corrected chi connectivity index (χ4v) is 2.61. The van der Waals surface area contributed by atoms with Crippen LogP contribution in [0.5, 0.6) is 0 Å². The highest BCUT2D eigenvalue weighted by Crippen LogP contribution is 2.20. The van der Waals surface area contributed by atoms with E-state index in [-0.39, 0.29) is 12.4 Å². The van der Waals surface area contributed by atoms with E-state index in [1.54, 1.807) is 0 Å². The number of carboxylic acid groups (broad SMARTS) is 1. The highest BCUT2D eigenvalue weighted by atomic mass is 16.4. The topological polar surface area (TPSA) is 113 Å². The third-order valence-corrected chi connectivity index (χ3v) is 3.88. The van der Waals surface area contributed by atoms with E-state index in [0.29, 0.717) is 17.8 Å². The number of benzene rings is 2. The molecule has 0 bridgehead atoms. The molecule has 0 atom stereocenters. The van der Waals surface area contributed by atoms with Gasteiger partial charge in [0.2, 0.25) is 0 Å². The Morgan fingerprint density at radius 1 is 1.15 bits per heavy atom. The summed E-state index contributed by atoms with van der Waals surface area (Å²) >= 11 is 0. The predicted molar refractivity (Wildman–Crippen MR) is 102 cm³/mol. The minimum absolute atomic E-state index is 0.207. The summed E-state index contributed by atoms with van der Waals surface area (Å²) in [5.74, 6) is 0.706. The van der Waals surface area contributed by atoms with Crippen LogP contribution in [-0.4, -0.2) is 40.5 Å². The van der Waals surface area contributed by atoms with Gasteiger partial charge in [0.1, 0.15) is 24.0 Å². The van der Waals surface area contributed by atoms with E-state index in [4.69, 9.17) is 10.8 Å². The molecule has 3 aromatic rings. The van der Waals surface area contributed by atoms with Crippen LogP contribution in [0.3, 0.4) is 0 Å². The van der Waals surface area contributed by atoms with Crippen molar-refractivity contribution in [3.63, 3.8) is 0 Å². The van der Waals surface area contributed by atoms with Gasteiger partial charge in [0.05, 0.1) is 5.52 Å². The quantitative estimate of drug-likeness (QED) is 0.464. The van der Waals surface area contributed by atoms with Crippen molar-refractivity contribution in [1.29, 1.82) is 0 Å². The number of aliphatic imine (C=N–C) groups is 1. The molecule has 0 aliphatic heterocycles. The molecule has 7 heteroatoms. The van der Waals surface area contributed by atoms with E-state index >= 15 is 0 Å². The zero-order valence-corrected chi connectivity index (χ0v) is 14.3. The van der Waals surface area contributed by atoms with Crippen molar-refractivity contribution in [3.8, 4) is 0 Å². The van der Waals surface area contributed by atoms with Gasteiger partial charge < -0.3 is 16.2 Å². The van der Waals surface area contributed by atoms with Crippen LogP contribution in [0.15, 0.2) is 53.5 Å². The molecule has 0 aliphatic rings. The van der Waals surface area contributed by atoms with Crippen LogP contribution in [0.1, 0.15) is 17.0 Å². The maximum Gasteiger partial charge on any atom is 0.325 e. The Labute approximate surface area is 150 Å². The number of hydrogen-bond acceptors (Lipinski definition) is 5. The van der Waals surface area contributed by atoms with Crippen LogP contribution in [0.2, 0.25) is 0 Å². The predicted octanol–water partition coefficient (Wildman–Crippen LogP) is 2.05. The average molecular weight is 349 g/mol. The second kappa shape index (κ2) is 7.60. The van der Waals surface area contributed by atoms with Crippen LogP contribution >= 0.6 is 0 Å². The minimum Gasteiger partial charge on any atom is -0.480 e. The van der Waals surface area contributed by atoms with Gasteiger partial charge in [-0.1, -0.05) is 36.4 Å². The first kappa shape index (κ1) is 17.3. The van der Waals surface area contributed by atoms with Gasteiger partial charge in [0.25, 0.3) is 0 Å². The van der Waals surface area contributed by atoms with Gasteiger partial charge in [-0.3, -0.25) is 9.79 Å². The number of nitrogens with one attached hydrogen (secondary N) is 1. The SMILES string of the molecule is CNc1nc(Cc2ccc(C(N)=NCC(=O)O)cc2)nc2ccccc12. The van der Waals surface area contributed by atoms with Crippen molar-refractivity contribution in [2.45, 2.75) is 6.42 Å². The van der Waals surface area contributed by atoms with Crippen LogP contribution in [0.4, 0.5) is 5.82 Å². The van der Waals surface area contributed by atoms with Crippen molar-refractivity contribution in [2.24, 2.45) is 10.7 Å². The molecular weight excluding hydrogens is 330 g/mol. The molecule has 1 aromatic heterocycles. The van der Waals surface area contributed by atoms with Crippen molar-refractivity contribution < 1.29 is 9.90 Å². The van der Waals surface area contributed by atoms with Gasteiger partial charge in [-0.15, -0.1) is 0 Å². The summed E-state index contributed by atoms with van der Waals surface area (Å²) in [6.07, 6.45) is 0.575. The van der Waals surface area contributed by atoms with Crippen molar-refractivity contribution in [2.75, 3.05) is 18.9 Å². The van der Waals surface area contributed by atoms with Gasteiger partial charge in [0.15, 0.2) is 0 Å². The number of fused-ring (bicyclic) bond motifs is 1. The Kier molecular flexibility index (Phi) is 5.07. The number of rotatable bonds is 6. The third-order valence-electron chi connectivity index (χ3n) is 3.88. The molecule has 132 valence electrons. The lowest BCUT2D eigenvalue weighted by Crippen LogP contribution is -2.16. The van der Waals surface area contributed by atoms with Crippen LogP contribution in [0, 0.1) is 0 Å². The molecule has 1 heterocycles. The molecular formula is C19H19N5O2. The van der Waals surface area contributed by atoms with E-state index in [1.165, 1.54) is 0 Å². The van der Waals surface area contributed by atoms with Gasteiger partial charge in [-0.05, 0) is 17.7 Å². The normalized spacial score (nSPS) is 11.5. The Balaban J connectivity index is 1.82. The molecule has 3 rings (SSSR count). The number of hydrogen-bond donors (Lipinski definition) is 3. The number of nitrogens with two attached hydrogens (primary N) is 1. The number of amidine groups is 1. The first-order chi connectivity index (χ1) is 12.6. The van der Waals surface area contributed by atoms with Gasteiger partial charge in [-0.25, -0.2) is 9.97 Å². The molecule has 26 heavy (non-hydrogen) atoms. The van der Waals surface area contributed by atoms with E-state index in [0.717, 1.165) is 22.3 Å². The van der Waals surface area contributed by atoms with E-state index in [9.17, 15) is 4.79 Å². The Bertz CT molecular complexity index is 967. The maximum absolute atomic E-state index is 10.6. The van der Waals surface area contributed by atoms with E-state index in [2.05, 4.69) is 20.3 Å². The number of carboxylic acids is 1. The fourth-order valence-electron chi connectivity index (χ4n) is 2.61. The minimum atomic E-state index is -1.02. The third kappa shape index (κ3) is 3.94. The lowest BCUT2D eigenvalue weighted by atomic mass is 10.1. The molecule has 0 spiro atoms. The number of aromatic nitrogens is 2. The molecule has 0 unspecified atom stereocenters. The zero-order valence-electron chi connectivity index (χ0n) is 14.3. The summed E-state index contributed by atoms with van der Waals surface area (Å²) < 4.78 is 0. The van der Waals surface area contributed by atoms with Crippen molar-refractivity contribution in [1.82, 2.24) is 9.97 Å². The average Bonchev–Trinajstić information content (AvgIpc) is 2.66. The lowest BCUT2D eigenvalue weighted by molar-refractivity contribution is -0.135. The van der Waals surface area contributed by atoms with Crippen molar-refractivity contribution >= 4 is 28.5 Å². The molecule has 7 nitrogen and oxygen atoms in total. The van der Waals surface area contributed by atoms with Crippen molar-refractivity contribution in [3.05, 3.63) is 65.5 Å². The Morgan fingerprint density at radius 3 is 2.58 bits per heavy atom. The zero-order chi connectivity index (χ0) is 18.5. The summed E-state index contributed by atoms with van der Waals surface area (Å²) in [6.45, 7) is -0.342. The molecule has 0 saturated heterocycles. The molecule has 4 N–H and O–H groups in total. The number of aliphatic carboxylic acids is 1. The fraction of sp³-hybridized carbons (Fsp3) is 0.158. The monoisotopic (exact) mass is 349 g/mol. The Morgan fingerprint density at radius 2 is 1.88 bits per heavy atom. The molecule has 0 amide bonds. The van der Waals surface area contributed by atoms with Crippen LogP contribution in [0.25, 0.3) is 10.9 Å². The number of carbonyl (C=O) groups is 1. The van der Waals surface area contributed by atoms with E-state index in [1.807, 2.05) is 55.6 Å². The molecule has 0 radical (unpaired) electrons. The number of nitrogens with zero attached hydrogens (tertiary/aromatic N) is 3. The van der Waals surface area contributed by atoms with Crippen LogP contribution < -0.4 is 11.1 Å². The molecule has 0 saturated carbocycles. The standard InChI is InChI=1S/C19H19N5O2/c1-21-19-14-4-2-3-5-15(14)23-16(24-19)10-12-6-8-13(9-7-12)18(20)22-11-17(25)26/h2-9H,10-11H2,1H3,(H2,20,22)(H,25,26)(H,21,23,24). The summed E-state index contributed by atoms with van der Waals surface area (Å²) in [4.78, 5) is 23.6. The number of para-hydroxylation sites is 1. The molecule has 2 aromatic carbocycles. The summed E-state index contributed by atoms with van der Waals surface area (Å²) in [5, 5.41) is 12.7. The maximum atomic E-state index is 10.6. The highest BCUT2D eigenvalue weighted by molar-refractivity contribution is 5.98. The Hall–Kier alpha value is -3.48. The largest absolute Gasteiger partial charge is 0.480 e.